The molecule has 5 rings (SSSR count). The first-order valence-corrected chi connectivity index (χ1v) is 12.6. The highest BCUT2D eigenvalue weighted by Crippen LogP contribution is 2.33. The third-order valence-corrected chi connectivity index (χ3v) is 6.56. The number of nitrogen functional groups attached to an aromatic ring is 1. The summed E-state index contributed by atoms with van der Waals surface area (Å²) in [7, 11) is 1.67. The molecule has 0 spiro atoms. The van der Waals surface area contributed by atoms with E-state index in [0.29, 0.717) is 42.7 Å². The van der Waals surface area contributed by atoms with Crippen molar-refractivity contribution in [3.8, 4) is 23.0 Å². The van der Waals surface area contributed by atoms with Crippen LogP contribution in [0.3, 0.4) is 0 Å². The number of nitrogens with two attached hydrogens (primary N) is 1. The van der Waals surface area contributed by atoms with Crippen LogP contribution >= 0.6 is 12.4 Å². The van der Waals surface area contributed by atoms with E-state index in [1.165, 1.54) is 12.8 Å². The Hall–Kier alpha value is -3.36. The van der Waals surface area contributed by atoms with Gasteiger partial charge in [-0.2, -0.15) is 0 Å². The van der Waals surface area contributed by atoms with Gasteiger partial charge in [-0.1, -0.05) is 36.4 Å². The standard InChI is InChI=1S/C28H33N5O3.ClH/c1-19(35-17-20-8-4-3-5-9-20)14-25-31-26-27(29)30-18-33(28(26)32-25)16-21-12-13-23(34-2)24(15-21)36-22-10-6-7-11-22;/h3-5,8-9,12-13,15,18-19,22H,6-7,10-11,14,16-17,29H2,1-2H3;1H. The predicted molar refractivity (Wildman–Crippen MR) is 145 cm³/mol. The predicted octanol–water partition coefficient (Wildman–Crippen LogP) is 5.31. The molecule has 0 saturated heterocycles. The number of methoxy groups -OCH3 is 1. The van der Waals surface area contributed by atoms with Gasteiger partial charge in [-0.15, -0.1) is 12.4 Å². The van der Waals surface area contributed by atoms with Gasteiger partial charge in [-0.05, 0) is 55.9 Å². The monoisotopic (exact) mass is 523 g/mol. The van der Waals surface area contributed by atoms with Crippen LogP contribution in [-0.2, 0) is 24.3 Å². The highest BCUT2D eigenvalue weighted by Gasteiger charge is 2.22. The Morgan fingerprint density at radius 3 is 2.57 bits per heavy atom. The number of nitrogens with zero attached hydrogens (tertiary/aromatic N) is 4. The summed E-state index contributed by atoms with van der Waals surface area (Å²) >= 11 is 0. The fourth-order valence-corrected chi connectivity index (χ4v) is 4.63. The molecule has 1 atom stereocenters. The molecule has 37 heavy (non-hydrogen) atoms. The second kappa shape index (κ2) is 12.3. The summed E-state index contributed by atoms with van der Waals surface area (Å²) in [5.41, 5.74) is 8.97. The van der Waals surface area contributed by atoms with E-state index in [-0.39, 0.29) is 24.6 Å². The van der Waals surface area contributed by atoms with E-state index in [0.717, 1.165) is 35.5 Å². The van der Waals surface area contributed by atoms with Crippen LogP contribution in [0.1, 0.15) is 49.6 Å². The zero-order valence-electron chi connectivity index (χ0n) is 21.3. The van der Waals surface area contributed by atoms with Gasteiger partial charge in [0.05, 0.1) is 38.8 Å². The molecule has 0 aromatic heterocycles. The quantitative estimate of drug-likeness (QED) is 0.301. The summed E-state index contributed by atoms with van der Waals surface area (Å²) in [5.74, 6) is 3.30. The maximum atomic E-state index is 6.27. The summed E-state index contributed by atoms with van der Waals surface area (Å²) in [6, 6.07) is 16.2. The van der Waals surface area contributed by atoms with Crippen LogP contribution in [0.4, 0.5) is 5.82 Å². The molecular formula is C28H34ClN5O3. The van der Waals surface area contributed by atoms with Gasteiger partial charge in [-0.25, -0.2) is 15.0 Å². The zero-order chi connectivity index (χ0) is 24.9. The Morgan fingerprint density at radius 1 is 1.03 bits per heavy atom. The van der Waals surface area contributed by atoms with E-state index in [9.17, 15) is 0 Å². The molecule has 0 radical (unpaired) electrons. The first-order chi connectivity index (χ1) is 17.6. The summed E-state index contributed by atoms with van der Waals surface area (Å²) in [4.78, 5) is 13.8. The van der Waals surface area contributed by atoms with Gasteiger partial charge in [0.2, 0.25) is 0 Å². The number of hydrogen-bond acceptors (Lipinski definition) is 7. The van der Waals surface area contributed by atoms with Gasteiger partial charge in [0.25, 0.3) is 0 Å². The third kappa shape index (κ3) is 6.50. The number of hydrogen-bond donors (Lipinski definition) is 1. The second-order valence-corrected chi connectivity index (χ2v) is 9.39. The Morgan fingerprint density at radius 2 is 1.81 bits per heavy atom. The maximum Gasteiger partial charge on any atom is 0.166 e. The number of halogens is 1. The second-order valence-electron chi connectivity index (χ2n) is 9.39. The van der Waals surface area contributed by atoms with Crippen LogP contribution < -0.4 is 15.2 Å². The Bertz CT molecular complexity index is 1260. The van der Waals surface area contributed by atoms with Gasteiger partial charge in [0.1, 0.15) is 5.82 Å². The summed E-state index contributed by atoms with van der Waals surface area (Å²) in [6.45, 7) is 3.14. The fraction of sp³-hybridized carbons (Fsp3) is 0.393. The van der Waals surface area contributed by atoms with Crippen molar-refractivity contribution in [2.45, 2.75) is 64.4 Å². The molecule has 2 heterocycles. The van der Waals surface area contributed by atoms with E-state index in [1.807, 2.05) is 47.9 Å². The Balaban J connectivity index is 0.00000320. The fourth-order valence-electron chi connectivity index (χ4n) is 4.63. The van der Waals surface area contributed by atoms with Crippen molar-refractivity contribution in [2.75, 3.05) is 12.8 Å². The molecule has 9 heteroatoms. The molecule has 1 fully saturated rings. The van der Waals surface area contributed by atoms with Crippen molar-refractivity contribution in [1.29, 1.82) is 0 Å². The number of ether oxygens (including phenoxy) is 3. The molecule has 2 aliphatic heterocycles. The molecule has 3 aliphatic rings. The Kier molecular flexibility index (Phi) is 8.84. The van der Waals surface area contributed by atoms with Crippen LogP contribution in [-0.4, -0.2) is 38.8 Å². The van der Waals surface area contributed by atoms with Crippen molar-refractivity contribution in [2.24, 2.45) is 0 Å². The SMILES string of the molecule is COc1ccc(Cn2cnc(N)c3nc(CC(C)OCc4ccccc4)nc2-3)cc1OC1CCCC1.Cl. The van der Waals surface area contributed by atoms with Crippen molar-refractivity contribution >= 4 is 18.2 Å². The molecule has 0 bridgehead atoms. The van der Waals surface area contributed by atoms with Gasteiger partial charge in [0.15, 0.2) is 28.8 Å². The molecular weight excluding hydrogens is 490 g/mol. The van der Waals surface area contributed by atoms with Gasteiger partial charge >= 0.3 is 0 Å². The molecule has 1 aliphatic carbocycles. The number of imidazole rings is 1. The Labute approximate surface area is 224 Å². The third-order valence-electron chi connectivity index (χ3n) is 6.56. The molecule has 2 N–H and O–H groups in total. The van der Waals surface area contributed by atoms with E-state index in [2.05, 4.69) is 22.1 Å². The minimum absolute atomic E-state index is 0. The molecule has 2 aromatic rings. The van der Waals surface area contributed by atoms with Crippen molar-refractivity contribution < 1.29 is 14.2 Å². The van der Waals surface area contributed by atoms with E-state index in [1.54, 1.807) is 13.4 Å². The van der Waals surface area contributed by atoms with Crippen molar-refractivity contribution in [3.05, 3.63) is 71.8 Å². The number of benzene rings is 2. The van der Waals surface area contributed by atoms with Crippen molar-refractivity contribution in [3.63, 3.8) is 0 Å². The van der Waals surface area contributed by atoms with Gasteiger partial charge in [-0.3, -0.25) is 0 Å². The normalized spacial score (nSPS) is 14.4. The van der Waals surface area contributed by atoms with Gasteiger partial charge < -0.3 is 24.5 Å². The largest absolute Gasteiger partial charge is 0.493 e. The lowest BCUT2D eigenvalue weighted by atomic mass is 10.2. The van der Waals surface area contributed by atoms with Crippen molar-refractivity contribution in [1.82, 2.24) is 19.5 Å². The molecule has 1 saturated carbocycles. The topological polar surface area (TPSA) is 97.3 Å². The lowest BCUT2D eigenvalue weighted by molar-refractivity contribution is 0.0524. The summed E-state index contributed by atoms with van der Waals surface area (Å²) < 4.78 is 19.8. The molecule has 2 aromatic carbocycles. The number of fused-ring (bicyclic) bond motifs is 1. The van der Waals surface area contributed by atoms with E-state index >= 15 is 0 Å². The van der Waals surface area contributed by atoms with Crippen LogP contribution in [0.25, 0.3) is 11.5 Å². The summed E-state index contributed by atoms with van der Waals surface area (Å²) in [5, 5.41) is 0. The summed E-state index contributed by atoms with van der Waals surface area (Å²) in [6.07, 6.45) is 7.11. The highest BCUT2D eigenvalue weighted by atomic mass is 35.5. The minimum Gasteiger partial charge on any atom is -0.493 e. The minimum atomic E-state index is -0.0402. The molecule has 0 amide bonds. The first kappa shape index (κ1) is 26.7. The molecule has 1 unspecified atom stereocenters. The van der Waals surface area contributed by atoms with Crippen LogP contribution in [0, 0.1) is 0 Å². The highest BCUT2D eigenvalue weighted by molar-refractivity contribution is 5.85. The first-order valence-electron chi connectivity index (χ1n) is 12.6. The van der Waals surface area contributed by atoms with E-state index in [4.69, 9.17) is 24.9 Å². The van der Waals surface area contributed by atoms with Crippen LogP contribution in [0.5, 0.6) is 11.5 Å². The lowest BCUT2D eigenvalue weighted by Gasteiger charge is -2.17. The average molecular weight is 524 g/mol. The lowest BCUT2D eigenvalue weighted by Crippen LogP contribution is -2.13. The number of anilines is 1. The average Bonchev–Trinajstić information content (AvgIpc) is 3.56. The number of rotatable bonds is 10. The zero-order valence-corrected chi connectivity index (χ0v) is 22.1. The smallest absolute Gasteiger partial charge is 0.166 e. The molecule has 196 valence electrons. The van der Waals surface area contributed by atoms with Crippen LogP contribution in [0.15, 0.2) is 54.9 Å². The number of aromatic nitrogens is 4. The van der Waals surface area contributed by atoms with Gasteiger partial charge in [0, 0.05) is 6.42 Å². The molecule has 8 nitrogen and oxygen atoms in total. The van der Waals surface area contributed by atoms with E-state index < -0.39 is 0 Å². The maximum absolute atomic E-state index is 6.27. The van der Waals surface area contributed by atoms with Crippen LogP contribution in [0.2, 0.25) is 0 Å².